The first kappa shape index (κ1) is 19.0. The zero-order chi connectivity index (χ0) is 17.6. The lowest BCUT2D eigenvalue weighted by Crippen LogP contribution is -2.30. The Morgan fingerprint density at radius 1 is 0.750 bits per heavy atom. The van der Waals surface area contributed by atoms with E-state index in [4.69, 9.17) is 9.47 Å². The number of ether oxygens (including phenoxy) is 2. The molecule has 4 heteroatoms. The minimum atomic E-state index is -0.435. The first-order valence-corrected chi connectivity index (χ1v) is 9.44. The lowest BCUT2D eigenvalue weighted by molar-refractivity contribution is -0.147. The van der Waals surface area contributed by atoms with Crippen LogP contribution in [0.25, 0.3) is 0 Å². The van der Waals surface area contributed by atoms with Gasteiger partial charge in [-0.05, 0) is 62.7 Å². The predicted molar refractivity (Wildman–Crippen MR) is 93.4 cm³/mol. The summed E-state index contributed by atoms with van der Waals surface area (Å²) in [4.78, 5) is 23.6. The van der Waals surface area contributed by atoms with Gasteiger partial charge in [0.15, 0.2) is 0 Å². The summed E-state index contributed by atoms with van der Waals surface area (Å²) < 4.78 is 10.8. The molecule has 0 aromatic heterocycles. The van der Waals surface area contributed by atoms with E-state index in [2.05, 4.69) is 20.8 Å². The Morgan fingerprint density at radius 3 is 1.67 bits per heavy atom. The molecule has 0 aliphatic heterocycles. The van der Waals surface area contributed by atoms with Crippen LogP contribution < -0.4 is 0 Å². The van der Waals surface area contributed by atoms with Crippen molar-refractivity contribution in [3.8, 4) is 0 Å². The molecule has 0 atom stereocenters. The van der Waals surface area contributed by atoms with E-state index in [-0.39, 0.29) is 12.2 Å². The van der Waals surface area contributed by atoms with Gasteiger partial charge in [0, 0.05) is 12.2 Å². The highest BCUT2D eigenvalue weighted by atomic mass is 16.5. The predicted octanol–water partition coefficient (Wildman–Crippen LogP) is 4.57. The van der Waals surface area contributed by atoms with Gasteiger partial charge in [0.1, 0.15) is 12.2 Å². The molecule has 2 aliphatic carbocycles. The molecule has 2 aliphatic rings. The summed E-state index contributed by atoms with van der Waals surface area (Å²) in [6.45, 7) is 6.81. The fourth-order valence-corrected chi connectivity index (χ4v) is 3.77. The standard InChI is InChI=1S/C20H32O4/c1-20(2,3)15-9-11-17(12-10-15)24-19(22)14-13-18(21)23-16-7-5-4-6-8-16/h13-17H,4-12H2,1-3H3/b14-13+. The van der Waals surface area contributed by atoms with E-state index < -0.39 is 11.9 Å². The summed E-state index contributed by atoms with van der Waals surface area (Å²) in [6.07, 6.45) is 11.7. The van der Waals surface area contributed by atoms with Crippen molar-refractivity contribution < 1.29 is 19.1 Å². The molecule has 2 rings (SSSR count). The van der Waals surface area contributed by atoms with Gasteiger partial charge in [0.25, 0.3) is 0 Å². The van der Waals surface area contributed by atoms with Crippen molar-refractivity contribution >= 4 is 11.9 Å². The van der Waals surface area contributed by atoms with Gasteiger partial charge >= 0.3 is 11.9 Å². The minimum absolute atomic E-state index is 0.0135. The van der Waals surface area contributed by atoms with Gasteiger partial charge in [0.2, 0.25) is 0 Å². The highest BCUT2D eigenvalue weighted by Crippen LogP contribution is 2.38. The van der Waals surface area contributed by atoms with Crippen molar-refractivity contribution in [2.24, 2.45) is 11.3 Å². The number of carbonyl (C=O) groups is 2. The number of hydrogen-bond acceptors (Lipinski definition) is 4. The minimum Gasteiger partial charge on any atom is -0.459 e. The summed E-state index contributed by atoms with van der Waals surface area (Å²) in [5.41, 5.74) is 0.317. The van der Waals surface area contributed by atoms with E-state index in [9.17, 15) is 9.59 Å². The van der Waals surface area contributed by atoms with Crippen LogP contribution in [0.15, 0.2) is 12.2 Å². The normalized spacial score (nSPS) is 26.3. The third kappa shape index (κ3) is 6.29. The van der Waals surface area contributed by atoms with Gasteiger partial charge in [-0.15, -0.1) is 0 Å². The Kier molecular flexibility index (Phi) is 6.88. The van der Waals surface area contributed by atoms with Crippen LogP contribution in [0.2, 0.25) is 0 Å². The molecule has 0 aromatic carbocycles. The zero-order valence-corrected chi connectivity index (χ0v) is 15.4. The Morgan fingerprint density at radius 2 is 1.21 bits per heavy atom. The zero-order valence-electron chi connectivity index (χ0n) is 15.4. The maximum atomic E-state index is 11.9. The number of esters is 2. The van der Waals surface area contributed by atoms with E-state index in [1.165, 1.54) is 18.6 Å². The van der Waals surface area contributed by atoms with Crippen LogP contribution >= 0.6 is 0 Å². The van der Waals surface area contributed by atoms with Crippen LogP contribution in [0.4, 0.5) is 0 Å². The van der Waals surface area contributed by atoms with Gasteiger partial charge < -0.3 is 9.47 Å². The van der Waals surface area contributed by atoms with Crippen LogP contribution in [0.3, 0.4) is 0 Å². The van der Waals surface area contributed by atoms with Crippen molar-refractivity contribution in [2.45, 2.75) is 90.8 Å². The molecule has 2 fully saturated rings. The second-order valence-corrected chi connectivity index (χ2v) is 8.31. The maximum absolute atomic E-state index is 11.9. The van der Waals surface area contributed by atoms with E-state index in [0.717, 1.165) is 51.4 Å². The van der Waals surface area contributed by atoms with E-state index in [1.54, 1.807) is 0 Å². The molecule has 2 saturated carbocycles. The molecule has 0 aromatic rings. The largest absolute Gasteiger partial charge is 0.459 e. The topological polar surface area (TPSA) is 52.6 Å². The van der Waals surface area contributed by atoms with Crippen LogP contribution in [-0.4, -0.2) is 24.1 Å². The molecule has 0 bridgehead atoms. The average molecular weight is 336 g/mol. The lowest BCUT2D eigenvalue weighted by Gasteiger charge is -2.36. The van der Waals surface area contributed by atoms with Crippen molar-refractivity contribution in [2.75, 3.05) is 0 Å². The molecule has 0 spiro atoms. The number of rotatable bonds is 4. The summed E-state index contributed by atoms with van der Waals surface area (Å²) in [5, 5.41) is 0. The molecule has 24 heavy (non-hydrogen) atoms. The molecule has 0 amide bonds. The molecular formula is C20H32O4. The molecule has 136 valence electrons. The van der Waals surface area contributed by atoms with Crippen LogP contribution in [0.5, 0.6) is 0 Å². The first-order chi connectivity index (χ1) is 11.3. The van der Waals surface area contributed by atoms with Gasteiger partial charge in [-0.2, -0.15) is 0 Å². The number of hydrogen-bond donors (Lipinski definition) is 0. The average Bonchev–Trinajstić information content (AvgIpc) is 2.53. The van der Waals surface area contributed by atoms with Crippen molar-refractivity contribution in [1.82, 2.24) is 0 Å². The molecular weight excluding hydrogens is 304 g/mol. The van der Waals surface area contributed by atoms with Crippen LogP contribution in [-0.2, 0) is 19.1 Å². The quantitative estimate of drug-likeness (QED) is 0.557. The summed E-state index contributed by atoms with van der Waals surface area (Å²) in [6, 6.07) is 0. The second-order valence-electron chi connectivity index (χ2n) is 8.31. The summed E-state index contributed by atoms with van der Waals surface area (Å²) in [5.74, 6) is -0.182. The van der Waals surface area contributed by atoms with Gasteiger partial charge in [-0.1, -0.05) is 27.2 Å². The Bertz CT molecular complexity index is 447. The van der Waals surface area contributed by atoms with E-state index in [1.807, 2.05) is 0 Å². The molecule has 0 N–H and O–H groups in total. The summed E-state index contributed by atoms with van der Waals surface area (Å²) in [7, 11) is 0. The van der Waals surface area contributed by atoms with Crippen LogP contribution in [0, 0.1) is 11.3 Å². The van der Waals surface area contributed by atoms with E-state index in [0.29, 0.717) is 11.3 Å². The third-order valence-electron chi connectivity index (χ3n) is 5.37. The maximum Gasteiger partial charge on any atom is 0.331 e. The molecule has 0 saturated heterocycles. The SMILES string of the molecule is CC(C)(C)C1CCC(OC(=O)/C=C/C(=O)OC2CCCCC2)CC1. The first-order valence-electron chi connectivity index (χ1n) is 9.44. The summed E-state index contributed by atoms with van der Waals surface area (Å²) >= 11 is 0. The molecule has 4 nitrogen and oxygen atoms in total. The smallest absolute Gasteiger partial charge is 0.331 e. The second kappa shape index (κ2) is 8.68. The van der Waals surface area contributed by atoms with Gasteiger partial charge in [0.05, 0.1) is 0 Å². The van der Waals surface area contributed by atoms with E-state index >= 15 is 0 Å². The fourth-order valence-electron chi connectivity index (χ4n) is 3.77. The van der Waals surface area contributed by atoms with Gasteiger partial charge in [-0.3, -0.25) is 0 Å². The van der Waals surface area contributed by atoms with Crippen molar-refractivity contribution in [3.05, 3.63) is 12.2 Å². The molecule has 0 radical (unpaired) electrons. The van der Waals surface area contributed by atoms with Crippen molar-refractivity contribution in [3.63, 3.8) is 0 Å². The van der Waals surface area contributed by atoms with Crippen molar-refractivity contribution in [1.29, 1.82) is 0 Å². The lowest BCUT2D eigenvalue weighted by atomic mass is 9.72. The Labute approximate surface area is 146 Å². The Balaban J connectivity index is 1.68. The molecule has 0 heterocycles. The monoisotopic (exact) mass is 336 g/mol. The highest BCUT2D eigenvalue weighted by Gasteiger charge is 2.30. The number of carbonyl (C=O) groups excluding carboxylic acids is 2. The Hall–Kier alpha value is -1.32. The third-order valence-corrected chi connectivity index (χ3v) is 5.37. The highest BCUT2D eigenvalue weighted by molar-refractivity contribution is 5.91. The fraction of sp³-hybridized carbons (Fsp3) is 0.800. The van der Waals surface area contributed by atoms with Crippen LogP contribution in [0.1, 0.15) is 78.6 Å². The molecule has 0 unspecified atom stereocenters. The van der Waals surface area contributed by atoms with Gasteiger partial charge in [-0.25, -0.2) is 9.59 Å².